The predicted molar refractivity (Wildman–Crippen MR) is 132 cm³/mol. The summed E-state index contributed by atoms with van der Waals surface area (Å²) in [7, 11) is 0. The van der Waals surface area contributed by atoms with Gasteiger partial charge in [-0.15, -0.1) is 0 Å². The van der Waals surface area contributed by atoms with Crippen molar-refractivity contribution in [3.8, 4) is 17.3 Å². The highest BCUT2D eigenvalue weighted by Crippen LogP contribution is 2.40. The Hall–Kier alpha value is -4.17. The number of carbonyl (C=O) groups is 2. The molecule has 7 nitrogen and oxygen atoms in total. The van der Waals surface area contributed by atoms with Crippen LogP contribution in [0.2, 0.25) is 0 Å². The van der Waals surface area contributed by atoms with E-state index in [1.807, 2.05) is 41.8 Å². The summed E-state index contributed by atoms with van der Waals surface area (Å²) < 4.78 is 22.3. The largest absolute Gasteiger partial charge is 0.439 e. The fraction of sp³-hybridized carbons (Fsp3) is 0.185. The quantitative estimate of drug-likeness (QED) is 0.459. The Labute approximate surface area is 201 Å². The lowest BCUT2D eigenvalue weighted by Gasteiger charge is -2.27. The molecule has 0 unspecified atom stereocenters. The van der Waals surface area contributed by atoms with Crippen molar-refractivity contribution in [2.45, 2.75) is 6.92 Å². The number of benzene rings is 3. The van der Waals surface area contributed by atoms with E-state index in [1.54, 1.807) is 29.2 Å². The van der Waals surface area contributed by atoms with Gasteiger partial charge in [0.15, 0.2) is 0 Å². The monoisotopic (exact) mass is 472 g/mol. The Morgan fingerprint density at radius 1 is 1.00 bits per heavy atom. The fourth-order valence-corrected chi connectivity index (χ4v) is 4.37. The molecule has 5 rings (SSSR count). The lowest BCUT2D eigenvalue weighted by atomic mass is 10.1. The number of amides is 2. The van der Waals surface area contributed by atoms with E-state index >= 15 is 0 Å². The van der Waals surface area contributed by atoms with E-state index in [1.165, 1.54) is 12.1 Å². The van der Waals surface area contributed by atoms with Crippen LogP contribution in [-0.2, 0) is 0 Å². The Bertz CT molecular complexity index is 1430. The SMILES string of the molecule is Cc1ccc(F)cc1Oc1c(C(=O)N2CCNCC2)c2cc(C(N)=O)ccc2n1-c1ccccc1. The molecule has 2 amide bonds. The highest BCUT2D eigenvalue weighted by atomic mass is 19.1. The van der Waals surface area contributed by atoms with Gasteiger partial charge >= 0.3 is 0 Å². The molecular formula is C27H25FN4O3. The number of hydrogen-bond acceptors (Lipinski definition) is 4. The molecule has 0 radical (unpaired) electrons. The number of fused-ring (bicyclic) bond motifs is 1. The van der Waals surface area contributed by atoms with E-state index in [2.05, 4.69) is 5.32 Å². The normalized spacial score (nSPS) is 13.7. The Kier molecular flexibility index (Phi) is 5.96. The predicted octanol–water partition coefficient (Wildman–Crippen LogP) is 4.01. The van der Waals surface area contributed by atoms with Crippen LogP contribution in [0.4, 0.5) is 4.39 Å². The van der Waals surface area contributed by atoms with Gasteiger partial charge in [-0.05, 0) is 48.9 Å². The summed E-state index contributed by atoms with van der Waals surface area (Å²) in [6.07, 6.45) is 0. The first-order valence-corrected chi connectivity index (χ1v) is 11.4. The molecular weight excluding hydrogens is 447 g/mol. The summed E-state index contributed by atoms with van der Waals surface area (Å²) in [6, 6.07) is 18.7. The van der Waals surface area contributed by atoms with Crippen molar-refractivity contribution in [1.82, 2.24) is 14.8 Å². The van der Waals surface area contributed by atoms with Crippen molar-refractivity contribution in [3.63, 3.8) is 0 Å². The number of piperazine rings is 1. The van der Waals surface area contributed by atoms with Crippen LogP contribution >= 0.6 is 0 Å². The first-order chi connectivity index (χ1) is 16.9. The number of ether oxygens (including phenoxy) is 1. The molecule has 4 aromatic rings. The fourth-order valence-electron chi connectivity index (χ4n) is 4.37. The highest BCUT2D eigenvalue weighted by Gasteiger charge is 2.30. The number of para-hydroxylation sites is 1. The number of aromatic nitrogens is 1. The number of nitrogens with two attached hydrogens (primary N) is 1. The maximum absolute atomic E-state index is 14.1. The van der Waals surface area contributed by atoms with Gasteiger partial charge in [0.25, 0.3) is 5.91 Å². The van der Waals surface area contributed by atoms with Gasteiger partial charge in [-0.1, -0.05) is 24.3 Å². The van der Waals surface area contributed by atoms with Crippen molar-refractivity contribution in [2.75, 3.05) is 26.2 Å². The van der Waals surface area contributed by atoms with E-state index in [0.29, 0.717) is 48.4 Å². The van der Waals surface area contributed by atoms with Crippen molar-refractivity contribution in [1.29, 1.82) is 0 Å². The van der Waals surface area contributed by atoms with Crippen LogP contribution in [0.15, 0.2) is 66.7 Å². The maximum atomic E-state index is 14.1. The van der Waals surface area contributed by atoms with Crippen molar-refractivity contribution < 1.29 is 18.7 Å². The second kappa shape index (κ2) is 9.23. The average Bonchev–Trinajstić information content (AvgIpc) is 3.19. The number of nitrogens with zero attached hydrogens (tertiary/aromatic N) is 2. The number of nitrogens with one attached hydrogen (secondary N) is 1. The molecule has 1 aromatic heterocycles. The first kappa shape index (κ1) is 22.6. The van der Waals surface area contributed by atoms with Gasteiger partial charge in [0.05, 0.1) is 5.52 Å². The number of aryl methyl sites for hydroxylation is 1. The van der Waals surface area contributed by atoms with Gasteiger partial charge in [-0.2, -0.15) is 0 Å². The maximum Gasteiger partial charge on any atom is 0.260 e. The Morgan fingerprint density at radius 3 is 2.46 bits per heavy atom. The molecule has 3 N–H and O–H groups in total. The highest BCUT2D eigenvalue weighted by molar-refractivity contribution is 6.12. The number of rotatable bonds is 5. The number of halogens is 1. The molecule has 8 heteroatoms. The molecule has 1 fully saturated rings. The van der Waals surface area contributed by atoms with Gasteiger partial charge in [0, 0.05) is 48.9 Å². The third kappa shape index (κ3) is 4.24. The minimum absolute atomic E-state index is 0.225. The Balaban J connectivity index is 1.81. The van der Waals surface area contributed by atoms with Gasteiger partial charge in [-0.3, -0.25) is 14.2 Å². The average molecular weight is 473 g/mol. The van der Waals surface area contributed by atoms with Gasteiger partial charge in [0.2, 0.25) is 11.8 Å². The van der Waals surface area contributed by atoms with Crippen LogP contribution in [0.5, 0.6) is 11.6 Å². The third-order valence-corrected chi connectivity index (χ3v) is 6.20. The molecule has 3 aromatic carbocycles. The van der Waals surface area contributed by atoms with Crippen molar-refractivity contribution in [2.24, 2.45) is 5.73 Å². The Morgan fingerprint density at radius 2 is 1.74 bits per heavy atom. The summed E-state index contributed by atoms with van der Waals surface area (Å²) in [4.78, 5) is 27.7. The second-order valence-corrected chi connectivity index (χ2v) is 8.50. The number of hydrogen-bond donors (Lipinski definition) is 2. The minimum Gasteiger partial charge on any atom is -0.439 e. The summed E-state index contributed by atoms with van der Waals surface area (Å²) in [5.41, 5.74) is 8.30. The van der Waals surface area contributed by atoms with Crippen LogP contribution in [0.25, 0.3) is 16.6 Å². The molecule has 2 heterocycles. The van der Waals surface area contributed by atoms with Gasteiger partial charge in [0.1, 0.15) is 17.1 Å². The van der Waals surface area contributed by atoms with Crippen molar-refractivity contribution >= 4 is 22.7 Å². The minimum atomic E-state index is -0.594. The van der Waals surface area contributed by atoms with Gasteiger partial charge in [-0.25, -0.2) is 4.39 Å². The summed E-state index contributed by atoms with van der Waals surface area (Å²) >= 11 is 0. The topological polar surface area (TPSA) is 89.6 Å². The molecule has 0 saturated carbocycles. The third-order valence-electron chi connectivity index (χ3n) is 6.20. The van der Waals surface area contributed by atoms with Crippen LogP contribution < -0.4 is 15.8 Å². The van der Waals surface area contributed by atoms with E-state index in [4.69, 9.17) is 10.5 Å². The van der Waals surface area contributed by atoms with E-state index < -0.39 is 11.7 Å². The zero-order valence-corrected chi connectivity index (χ0v) is 19.3. The smallest absolute Gasteiger partial charge is 0.260 e. The molecule has 0 aliphatic carbocycles. The molecule has 1 aliphatic heterocycles. The summed E-state index contributed by atoms with van der Waals surface area (Å²) in [5, 5.41) is 3.79. The molecule has 0 spiro atoms. The molecule has 0 bridgehead atoms. The van der Waals surface area contributed by atoms with Crippen LogP contribution in [0, 0.1) is 12.7 Å². The molecule has 35 heavy (non-hydrogen) atoms. The van der Waals surface area contributed by atoms with E-state index in [-0.39, 0.29) is 17.4 Å². The lowest BCUT2D eigenvalue weighted by Crippen LogP contribution is -2.46. The molecule has 0 atom stereocenters. The molecule has 1 saturated heterocycles. The van der Waals surface area contributed by atoms with Gasteiger partial charge < -0.3 is 20.7 Å². The first-order valence-electron chi connectivity index (χ1n) is 11.4. The van der Waals surface area contributed by atoms with Crippen LogP contribution in [0.1, 0.15) is 26.3 Å². The van der Waals surface area contributed by atoms with E-state index in [0.717, 1.165) is 11.3 Å². The standard InChI is InChI=1S/C27H25FN4O3/c1-17-7-9-19(28)16-23(17)35-27-24(26(34)31-13-11-30-12-14-31)21-15-18(25(29)33)8-10-22(21)32(27)20-5-3-2-4-6-20/h2-10,15-16,30H,11-14H2,1H3,(H2,29,33). The molecule has 178 valence electrons. The van der Waals surface area contributed by atoms with Crippen LogP contribution in [-0.4, -0.2) is 47.5 Å². The molecule has 1 aliphatic rings. The zero-order valence-electron chi connectivity index (χ0n) is 19.3. The second-order valence-electron chi connectivity index (χ2n) is 8.50. The summed E-state index contributed by atoms with van der Waals surface area (Å²) in [6.45, 7) is 4.23. The van der Waals surface area contributed by atoms with Crippen molar-refractivity contribution in [3.05, 3.63) is 89.2 Å². The van der Waals surface area contributed by atoms with Crippen LogP contribution in [0.3, 0.4) is 0 Å². The lowest BCUT2D eigenvalue weighted by molar-refractivity contribution is 0.0734. The number of primary amides is 1. The number of carbonyl (C=O) groups excluding carboxylic acids is 2. The zero-order chi connectivity index (χ0) is 24.5. The van der Waals surface area contributed by atoms with E-state index in [9.17, 15) is 14.0 Å². The summed E-state index contributed by atoms with van der Waals surface area (Å²) in [5.74, 6) is -0.710.